The molecule has 3 rings (SSSR count). The first-order chi connectivity index (χ1) is 13.1. The highest BCUT2D eigenvalue weighted by Gasteiger charge is 2.38. The van der Waals surface area contributed by atoms with Crippen LogP contribution < -0.4 is 10.2 Å². The van der Waals surface area contributed by atoms with Crippen molar-refractivity contribution >= 4 is 12.0 Å². The standard InChI is InChI=1S/C19H22F2N4O3/c1-19(2,3)28-18(27)24-16-10-25(17-22-7-12(26)8-23-17)9-14(16)13-6-11(20)4-5-15(13)21/h4-8,14,16,26H,9-10H2,1-3H3,(H,24,27)/t14-,16+/m1/s1. The smallest absolute Gasteiger partial charge is 0.407 e. The SMILES string of the molecule is CC(C)(C)OC(=O)N[C@H]1CN(c2ncc(O)cn2)C[C@@H]1c1cc(F)ccc1F. The van der Waals surface area contributed by atoms with E-state index in [0.717, 1.165) is 18.2 Å². The number of nitrogens with one attached hydrogen (secondary N) is 1. The van der Waals surface area contributed by atoms with E-state index in [2.05, 4.69) is 15.3 Å². The minimum Gasteiger partial charge on any atom is -0.505 e. The molecule has 9 heteroatoms. The Morgan fingerprint density at radius 3 is 2.57 bits per heavy atom. The maximum Gasteiger partial charge on any atom is 0.407 e. The maximum atomic E-state index is 14.4. The van der Waals surface area contributed by atoms with Crippen molar-refractivity contribution in [3.63, 3.8) is 0 Å². The van der Waals surface area contributed by atoms with E-state index < -0.39 is 35.3 Å². The molecule has 0 aliphatic carbocycles. The maximum absolute atomic E-state index is 14.4. The summed E-state index contributed by atoms with van der Waals surface area (Å²) in [7, 11) is 0. The van der Waals surface area contributed by atoms with Crippen LogP contribution in [0.3, 0.4) is 0 Å². The van der Waals surface area contributed by atoms with Gasteiger partial charge < -0.3 is 20.1 Å². The third kappa shape index (κ3) is 4.65. The first-order valence-electron chi connectivity index (χ1n) is 8.83. The number of alkyl carbamates (subject to hydrolysis) is 1. The lowest BCUT2D eigenvalue weighted by molar-refractivity contribution is 0.0504. The molecule has 0 spiro atoms. The highest BCUT2D eigenvalue weighted by Crippen LogP contribution is 2.32. The average Bonchev–Trinajstić information content (AvgIpc) is 2.99. The van der Waals surface area contributed by atoms with E-state index in [4.69, 9.17) is 4.74 Å². The zero-order valence-electron chi connectivity index (χ0n) is 15.8. The molecule has 1 fully saturated rings. The van der Waals surface area contributed by atoms with Crippen LogP contribution in [0.2, 0.25) is 0 Å². The van der Waals surface area contributed by atoms with Gasteiger partial charge in [-0.05, 0) is 44.5 Å². The lowest BCUT2D eigenvalue weighted by atomic mass is 9.94. The largest absolute Gasteiger partial charge is 0.505 e. The minimum absolute atomic E-state index is 0.0842. The van der Waals surface area contributed by atoms with Gasteiger partial charge in [0.05, 0.1) is 18.4 Å². The Hall–Kier alpha value is -2.97. The number of halogens is 2. The second kappa shape index (κ2) is 7.57. The van der Waals surface area contributed by atoms with Crippen LogP contribution in [0.1, 0.15) is 32.3 Å². The summed E-state index contributed by atoms with van der Waals surface area (Å²) in [5, 5.41) is 12.1. The van der Waals surface area contributed by atoms with Gasteiger partial charge in [-0.3, -0.25) is 0 Å². The van der Waals surface area contributed by atoms with Crippen molar-refractivity contribution in [1.82, 2.24) is 15.3 Å². The molecule has 28 heavy (non-hydrogen) atoms. The molecule has 1 saturated heterocycles. The highest BCUT2D eigenvalue weighted by molar-refractivity contribution is 5.68. The van der Waals surface area contributed by atoms with Crippen molar-refractivity contribution in [1.29, 1.82) is 0 Å². The third-order valence-corrected chi connectivity index (χ3v) is 4.29. The van der Waals surface area contributed by atoms with Crippen LogP contribution >= 0.6 is 0 Å². The molecule has 0 saturated carbocycles. The van der Waals surface area contributed by atoms with E-state index in [1.165, 1.54) is 12.4 Å². The van der Waals surface area contributed by atoms with Crippen LogP contribution in [0.4, 0.5) is 19.5 Å². The predicted molar refractivity (Wildman–Crippen MR) is 98.2 cm³/mol. The van der Waals surface area contributed by atoms with E-state index in [-0.39, 0.29) is 24.4 Å². The number of ether oxygens (including phenoxy) is 1. The molecule has 2 N–H and O–H groups in total. The summed E-state index contributed by atoms with van der Waals surface area (Å²) in [6, 6.07) is 2.69. The van der Waals surface area contributed by atoms with Gasteiger partial charge in [0.1, 0.15) is 17.2 Å². The van der Waals surface area contributed by atoms with Gasteiger partial charge in [-0.2, -0.15) is 0 Å². The molecular formula is C19H22F2N4O3. The van der Waals surface area contributed by atoms with Crippen molar-refractivity contribution in [2.75, 3.05) is 18.0 Å². The molecule has 2 atom stereocenters. The van der Waals surface area contributed by atoms with Gasteiger partial charge in [-0.1, -0.05) is 0 Å². The Kier molecular flexibility index (Phi) is 5.35. The first-order valence-corrected chi connectivity index (χ1v) is 8.83. The summed E-state index contributed by atoms with van der Waals surface area (Å²) in [6.45, 7) is 5.74. The fourth-order valence-electron chi connectivity index (χ4n) is 3.16. The van der Waals surface area contributed by atoms with Crippen molar-refractivity contribution in [3.8, 4) is 5.75 Å². The number of hydrogen-bond donors (Lipinski definition) is 2. The lowest BCUT2D eigenvalue weighted by Gasteiger charge is -2.24. The number of amides is 1. The Morgan fingerprint density at radius 2 is 1.93 bits per heavy atom. The number of carbonyl (C=O) groups excluding carboxylic acids is 1. The summed E-state index contributed by atoms with van der Waals surface area (Å²) >= 11 is 0. The Morgan fingerprint density at radius 1 is 1.25 bits per heavy atom. The molecule has 2 heterocycles. The van der Waals surface area contributed by atoms with Gasteiger partial charge in [0.25, 0.3) is 0 Å². The molecule has 150 valence electrons. The van der Waals surface area contributed by atoms with Crippen LogP contribution in [-0.2, 0) is 4.74 Å². The van der Waals surface area contributed by atoms with Crippen LogP contribution in [0.15, 0.2) is 30.6 Å². The molecule has 1 aromatic heterocycles. The van der Waals surface area contributed by atoms with Crippen LogP contribution in [-0.4, -0.2) is 45.9 Å². The van der Waals surface area contributed by atoms with E-state index in [1.54, 1.807) is 25.7 Å². The Labute approximate surface area is 161 Å². The molecule has 0 unspecified atom stereocenters. The van der Waals surface area contributed by atoms with E-state index in [0.29, 0.717) is 5.95 Å². The van der Waals surface area contributed by atoms with Gasteiger partial charge in [-0.15, -0.1) is 0 Å². The lowest BCUT2D eigenvalue weighted by Crippen LogP contribution is -2.43. The minimum atomic E-state index is -0.692. The predicted octanol–water partition coefficient (Wildman–Crippen LogP) is 2.96. The van der Waals surface area contributed by atoms with Gasteiger partial charge in [0.15, 0.2) is 5.75 Å². The second-order valence-corrected chi connectivity index (χ2v) is 7.67. The first kappa shape index (κ1) is 19.8. The molecule has 1 aromatic carbocycles. The van der Waals surface area contributed by atoms with Crippen molar-refractivity contribution in [3.05, 3.63) is 47.8 Å². The zero-order chi connectivity index (χ0) is 20.5. The van der Waals surface area contributed by atoms with Gasteiger partial charge >= 0.3 is 6.09 Å². The monoisotopic (exact) mass is 392 g/mol. The van der Waals surface area contributed by atoms with Gasteiger partial charge in [-0.25, -0.2) is 23.5 Å². The Bertz CT molecular complexity index is 855. The fraction of sp³-hybridized carbons (Fsp3) is 0.421. The van der Waals surface area contributed by atoms with Gasteiger partial charge in [0.2, 0.25) is 5.95 Å². The summed E-state index contributed by atoms with van der Waals surface area (Å²) in [4.78, 5) is 22.1. The highest BCUT2D eigenvalue weighted by atomic mass is 19.1. The normalized spacial score (nSPS) is 19.5. The van der Waals surface area contributed by atoms with E-state index >= 15 is 0 Å². The Balaban J connectivity index is 1.87. The number of rotatable bonds is 3. The molecule has 1 aliphatic rings. The van der Waals surface area contributed by atoms with E-state index in [9.17, 15) is 18.7 Å². The summed E-state index contributed by atoms with van der Waals surface area (Å²) in [5.41, 5.74) is -0.537. The number of benzene rings is 1. The van der Waals surface area contributed by atoms with Crippen molar-refractivity contribution in [2.45, 2.75) is 38.3 Å². The fourth-order valence-corrected chi connectivity index (χ4v) is 3.16. The molecule has 1 aliphatic heterocycles. The average molecular weight is 392 g/mol. The molecular weight excluding hydrogens is 370 g/mol. The quantitative estimate of drug-likeness (QED) is 0.835. The number of aromatic nitrogens is 2. The van der Waals surface area contributed by atoms with Crippen molar-refractivity contribution in [2.24, 2.45) is 0 Å². The molecule has 1 amide bonds. The topological polar surface area (TPSA) is 87.6 Å². The number of nitrogens with zero attached hydrogens (tertiary/aromatic N) is 3. The number of anilines is 1. The number of aromatic hydroxyl groups is 1. The summed E-state index contributed by atoms with van der Waals surface area (Å²) in [6.07, 6.45) is 1.84. The summed E-state index contributed by atoms with van der Waals surface area (Å²) in [5.74, 6) is -1.43. The molecule has 7 nitrogen and oxygen atoms in total. The zero-order valence-corrected chi connectivity index (χ0v) is 15.8. The third-order valence-electron chi connectivity index (χ3n) is 4.29. The molecule has 0 bridgehead atoms. The van der Waals surface area contributed by atoms with Gasteiger partial charge in [0, 0.05) is 19.0 Å². The number of carbonyl (C=O) groups is 1. The van der Waals surface area contributed by atoms with Crippen LogP contribution in [0.5, 0.6) is 5.75 Å². The molecule has 0 radical (unpaired) electrons. The molecule has 2 aromatic rings. The summed E-state index contributed by atoms with van der Waals surface area (Å²) < 4.78 is 33.4. The van der Waals surface area contributed by atoms with Crippen LogP contribution in [0, 0.1) is 11.6 Å². The number of hydrogen-bond acceptors (Lipinski definition) is 6. The second-order valence-electron chi connectivity index (χ2n) is 7.67. The van der Waals surface area contributed by atoms with Crippen molar-refractivity contribution < 1.29 is 23.4 Å². The van der Waals surface area contributed by atoms with Crippen LogP contribution in [0.25, 0.3) is 0 Å². The van der Waals surface area contributed by atoms with E-state index in [1.807, 2.05) is 0 Å².